The van der Waals surface area contributed by atoms with Gasteiger partial charge >= 0.3 is 0 Å². The van der Waals surface area contributed by atoms with Crippen LogP contribution in [0.2, 0.25) is 19.1 Å². The number of hydrogen-bond acceptors (Lipinski definition) is 1. The molecule has 0 saturated heterocycles. The summed E-state index contributed by atoms with van der Waals surface area (Å²) in [5, 5.41) is 0. The van der Waals surface area contributed by atoms with Crippen LogP contribution in [0.3, 0.4) is 0 Å². The summed E-state index contributed by atoms with van der Waals surface area (Å²) in [5.41, 5.74) is 1.80. The van der Waals surface area contributed by atoms with Crippen molar-refractivity contribution in [2.45, 2.75) is 78.7 Å². The molecule has 0 aliphatic heterocycles. The van der Waals surface area contributed by atoms with E-state index in [1.165, 1.54) is 17.8 Å². The molecule has 2 heteroatoms. The predicted molar refractivity (Wildman–Crippen MR) is 83.3 cm³/mol. The highest BCUT2D eigenvalue weighted by Crippen LogP contribution is 2.28. The zero-order valence-electron chi connectivity index (χ0n) is 13.6. The minimum absolute atomic E-state index is 0.234. The second-order valence-electron chi connectivity index (χ2n) is 8.23. The van der Waals surface area contributed by atoms with Crippen LogP contribution >= 0.6 is 0 Å². The summed E-state index contributed by atoms with van der Waals surface area (Å²) in [6.07, 6.45) is 1.24. The summed E-state index contributed by atoms with van der Waals surface area (Å²) >= 11 is 0. The first-order valence-electron chi connectivity index (χ1n) is 6.68. The van der Waals surface area contributed by atoms with E-state index in [0.29, 0.717) is 0 Å². The molecule has 0 N–H and O–H groups in total. The Morgan fingerprint density at radius 2 is 1.35 bits per heavy atom. The van der Waals surface area contributed by atoms with E-state index in [4.69, 9.17) is 0 Å². The maximum Gasteiger partial charge on any atom is 0.0669 e. The smallest absolute Gasteiger partial charge is 0.0669 e. The number of nitrogens with zero attached hydrogens (tertiary/aromatic N) is 1. The second kappa shape index (κ2) is 5.27. The Bertz CT molecular complexity index is 252. The molecule has 0 spiro atoms. The first kappa shape index (κ1) is 16.9. The van der Waals surface area contributed by atoms with E-state index in [9.17, 15) is 0 Å². The molecule has 0 aliphatic rings. The highest BCUT2D eigenvalue weighted by Gasteiger charge is 2.36. The van der Waals surface area contributed by atoms with E-state index in [2.05, 4.69) is 73.0 Å². The zero-order chi connectivity index (χ0) is 14.1. The lowest BCUT2D eigenvalue weighted by Gasteiger charge is -2.48. The molecule has 0 radical (unpaired) electrons. The lowest BCUT2D eigenvalue weighted by molar-refractivity contribution is 0.0571. The fourth-order valence-electron chi connectivity index (χ4n) is 2.78. The lowest BCUT2D eigenvalue weighted by Crippen LogP contribution is -2.58. The summed E-state index contributed by atoms with van der Waals surface area (Å²) in [4.78, 5) is 2.66. The highest BCUT2D eigenvalue weighted by molar-refractivity contribution is 6.78. The molecule has 0 unspecified atom stereocenters. The molecule has 0 heterocycles. The number of rotatable bonds is 4. The van der Waals surface area contributed by atoms with Gasteiger partial charge in [-0.3, -0.25) is 4.90 Å². The van der Waals surface area contributed by atoms with Crippen molar-refractivity contribution in [1.82, 2.24) is 4.90 Å². The number of hydrogen-bond donors (Lipinski definition) is 0. The summed E-state index contributed by atoms with van der Waals surface area (Å²) in [5.74, 6) is 0. The first-order chi connectivity index (χ1) is 7.26. The topological polar surface area (TPSA) is 3.24 Å². The predicted octanol–water partition coefficient (Wildman–Crippen LogP) is 4.71. The van der Waals surface area contributed by atoms with Crippen LogP contribution in [0.5, 0.6) is 0 Å². The minimum Gasteiger partial charge on any atom is -0.296 e. The molecular formula is C15H33NSi. The van der Waals surface area contributed by atoms with Crippen molar-refractivity contribution in [3.63, 3.8) is 0 Å². The lowest BCUT2D eigenvalue weighted by atomic mass is 9.97. The molecule has 0 aromatic carbocycles. The Labute approximate surface area is 110 Å². The zero-order valence-corrected chi connectivity index (χ0v) is 14.6. The largest absolute Gasteiger partial charge is 0.296 e. The van der Waals surface area contributed by atoms with Crippen molar-refractivity contribution in [1.29, 1.82) is 0 Å². The van der Waals surface area contributed by atoms with Gasteiger partial charge in [-0.1, -0.05) is 18.7 Å². The monoisotopic (exact) mass is 255 g/mol. The van der Waals surface area contributed by atoms with Gasteiger partial charge in [0.1, 0.15) is 0 Å². The van der Waals surface area contributed by atoms with Crippen LogP contribution in [-0.2, 0) is 0 Å². The van der Waals surface area contributed by atoms with E-state index in [-0.39, 0.29) is 11.1 Å². The van der Waals surface area contributed by atoms with E-state index < -0.39 is 8.07 Å². The van der Waals surface area contributed by atoms with E-state index in [1.54, 1.807) is 0 Å². The molecule has 0 atom stereocenters. The average Bonchev–Trinajstić information content (AvgIpc) is 1.93. The molecule has 0 aliphatic carbocycles. The van der Waals surface area contributed by atoms with Gasteiger partial charge in [0, 0.05) is 11.1 Å². The molecule has 0 aromatic rings. The quantitative estimate of drug-likeness (QED) is 0.519. The van der Waals surface area contributed by atoms with Crippen LogP contribution < -0.4 is 0 Å². The standard InChI is InChI=1S/C15H33NSi/c1-13(2)11-17(9,10)12-16(14(3,4)5)15(6,7)8/h1,11-12H2,2-10H3. The van der Waals surface area contributed by atoms with Gasteiger partial charge in [0.15, 0.2) is 0 Å². The van der Waals surface area contributed by atoms with Crippen molar-refractivity contribution in [2.24, 2.45) is 0 Å². The Balaban J connectivity index is 4.95. The normalized spacial score (nSPS) is 14.2. The van der Waals surface area contributed by atoms with Crippen molar-refractivity contribution in [3.05, 3.63) is 12.2 Å². The minimum atomic E-state index is -1.22. The van der Waals surface area contributed by atoms with Gasteiger partial charge in [-0.2, -0.15) is 0 Å². The van der Waals surface area contributed by atoms with Crippen LogP contribution in [-0.4, -0.2) is 30.2 Å². The van der Waals surface area contributed by atoms with Crippen LogP contribution in [0.4, 0.5) is 0 Å². The van der Waals surface area contributed by atoms with Crippen molar-refractivity contribution in [3.8, 4) is 0 Å². The molecule has 0 rings (SSSR count). The first-order valence-corrected chi connectivity index (χ1v) is 10.1. The molecule has 0 amide bonds. The third-order valence-corrected chi connectivity index (χ3v) is 5.72. The Kier molecular flexibility index (Phi) is 5.25. The Morgan fingerprint density at radius 1 is 1.00 bits per heavy atom. The van der Waals surface area contributed by atoms with E-state index >= 15 is 0 Å². The third-order valence-electron chi connectivity index (χ3n) is 2.99. The molecule has 1 nitrogen and oxygen atoms in total. The fraction of sp³-hybridized carbons (Fsp3) is 0.867. The van der Waals surface area contributed by atoms with Crippen LogP contribution in [0, 0.1) is 0 Å². The molecule has 0 bridgehead atoms. The van der Waals surface area contributed by atoms with E-state index in [1.807, 2.05) is 0 Å². The van der Waals surface area contributed by atoms with Crippen LogP contribution in [0.1, 0.15) is 48.5 Å². The van der Waals surface area contributed by atoms with Gasteiger partial charge in [0.05, 0.1) is 8.07 Å². The molecular weight excluding hydrogens is 222 g/mol. The number of allylic oxidation sites excluding steroid dienone is 1. The van der Waals surface area contributed by atoms with Gasteiger partial charge in [-0.05, 0) is 60.7 Å². The SMILES string of the molecule is C=C(C)C[Si](C)(C)CN(C(C)(C)C)C(C)(C)C. The van der Waals surface area contributed by atoms with Gasteiger partial charge < -0.3 is 0 Å². The maximum atomic E-state index is 4.09. The fourth-order valence-corrected chi connectivity index (χ4v) is 6.33. The molecule has 0 fully saturated rings. The third kappa shape index (κ3) is 6.42. The van der Waals surface area contributed by atoms with Gasteiger partial charge in [0.2, 0.25) is 0 Å². The molecule has 17 heavy (non-hydrogen) atoms. The second-order valence-corrected chi connectivity index (χ2v) is 13.2. The van der Waals surface area contributed by atoms with E-state index in [0.717, 1.165) is 0 Å². The average molecular weight is 256 g/mol. The molecule has 102 valence electrons. The van der Waals surface area contributed by atoms with Crippen molar-refractivity contribution < 1.29 is 0 Å². The van der Waals surface area contributed by atoms with Gasteiger partial charge in [0.25, 0.3) is 0 Å². The summed E-state index contributed by atoms with van der Waals surface area (Å²) in [7, 11) is -1.22. The van der Waals surface area contributed by atoms with Crippen molar-refractivity contribution >= 4 is 8.07 Å². The van der Waals surface area contributed by atoms with Gasteiger partial charge in [-0.15, -0.1) is 6.58 Å². The van der Waals surface area contributed by atoms with Crippen molar-refractivity contribution in [2.75, 3.05) is 6.17 Å². The highest BCUT2D eigenvalue weighted by atomic mass is 28.3. The van der Waals surface area contributed by atoms with Gasteiger partial charge in [-0.25, -0.2) is 0 Å². The van der Waals surface area contributed by atoms with Crippen LogP contribution in [0.15, 0.2) is 12.2 Å². The summed E-state index contributed by atoms with van der Waals surface area (Å²) in [6.45, 7) is 25.1. The van der Waals surface area contributed by atoms with Crippen LogP contribution in [0.25, 0.3) is 0 Å². The Morgan fingerprint density at radius 3 is 1.59 bits per heavy atom. The molecule has 0 saturated carbocycles. The summed E-state index contributed by atoms with van der Waals surface area (Å²) < 4.78 is 0. The summed E-state index contributed by atoms with van der Waals surface area (Å²) in [6, 6.07) is 1.23. The molecule has 0 aromatic heterocycles. The Hall–Kier alpha value is -0.0831. The maximum absolute atomic E-state index is 4.09.